The molecule has 0 unspecified atom stereocenters. The Bertz CT molecular complexity index is 1300. The summed E-state index contributed by atoms with van der Waals surface area (Å²) in [6.45, 7) is 2.05. The molecule has 3 heterocycles. The zero-order chi connectivity index (χ0) is 20.7. The summed E-state index contributed by atoms with van der Waals surface area (Å²) in [5.41, 5.74) is 2.44. The summed E-state index contributed by atoms with van der Waals surface area (Å²) in [5.74, 6) is 0.284. The van der Waals surface area contributed by atoms with E-state index in [-0.39, 0.29) is 17.0 Å². The lowest BCUT2D eigenvalue weighted by Crippen LogP contribution is -2.29. The minimum absolute atomic E-state index is 0.192. The number of benzene rings is 1. The lowest BCUT2D eigenvalue weighted by atomic mass is 10.1. The summed E-state index contributed by atoms with van der Waals surface area (Å²) in [5, 5.41) is 10.7. The predicted octanol–water partition coefficient (Wildman–Crippen LogP) is 4.88. The van der Waals surface area contributed by atoms with Crippen molar-refractivity contribution in [2.75, 3.05) is 5.32 Å². The second-order valence-corrected chi connectivity index (χ2v) is 8.51. The van der Waals surface area contributed by atoms with Gasteiger partial charge in [-0.25, -0.2) is 4.68 Å². The molecular formula is C23H20N4O2S. The minimum Gasteiger partial charge on any atom is -0.350 e. The molecule has 1 aromatic carbocycles. The number of anilines is 2. The number of nitrogens with one attached hydrogen (secondary N) is 1. The maximum Gasteiger partial charge on any atom is 0.291 e. The van der Waals surface area contributed by atoms with Gasteiger partial charge in [0.05, 0.1) is 16.0 Å². The van der Waals surface area contributed by atoms with E-state index in [1.54, 1.807) is 6.20 Å². The van der Waals surface area contributed by atoms with E-state index >= 15 is 0 Å². The molecule has 0 amide bonds. The average Bonchev–Trinajstić information content (AvgIpc) is 3.39. The Labute approximate surface area is 177 Å². The van der Waals surface area contributed by atoms with E-state index in [1.165, 1.54) is 22.9 Å². The molecule has 150 valence electrons. The molecule has 1 N–H and O–H groups in total. The molecule has 3 aromatic heterocycles. The zero-order valence-corrected chi connectivity index (χ0v) is 17.3. The second kappa shape index (κ2) is 7.50. The highest BCUT2D eigenvalue weighted by Gasteiger charge is 2.27. The fourth-order valence-corrected chi connectivity index (χ4v) is 4.35. The highest BCUT2D eigenvalue weighted by atomic mass is 32.1. The molecule has 0 bridgehead atoms. The van der Waals surface area contributed by atoms with Gasteiger partial charge in [0.25, 0.3) is 5.56 Å². The summed E-state index contributed by atoms with van der Waals surface area (Å²) in [4.78, 5) is 31.3. The smallest absolute Gasteiger partial charge is 0.291 e. The van der Waals surface area contributed by atoms with Crippen molar-refractivity contribution in [2.45, 2.75) is 26.3 Å². The van der Waals surface area contributed by atoms with Crippen molar-refractivity contribution >= 4 is 39.4 Å². The molecule has 0 saturated heterocycles. The van der Waals surface area contributed by atoms with Crippen LogP contribution in [0.4, 0.5) is 11.4 Å². The van der Waals surface area contributed by atoms with Gasteiger partial charge in [0.2, 0.25) is 0 Å². The number of nitrogens with zero attached hydrogens (tertiary/aromatic N) is 3. The Hall–Kier alpha value is -3.32. The lowest BCUT2D eigenvalue weighted by Gasteiger charge is -2.17. The monoisotopic (exact) mass is 416 g/mol. The maximum absolute atomic E-state index is 13.4. The summed E-state index contributed by atoms with van der Waals surface area (Å²) >= 11 is 1.51. The van der Waals surface area contributed by atoms with Gasteiger partial charge in [0, 0.05) is 23.8 Å². The first-order valence-electron chi connectivity index (χ1n) is 9.92. The van der Waals surface area contributed by atoms with Crippen molar-refractivity contribution in [1.82, 2.24) is 14.8 Å². The fraction of sp³-hybridized carbons (Fsp3) is 0.217. The third-order valence-corrected chi connectivity index (χ3v) is 6.17. The van der Waals surface area contributed by atoms with E-state index in [1.807, 2.05) is 47.8 Å². The normalized spacial score (nSPS) is 13.5. The Balaban J connectivity index is 1.73. The number of pyridine rings is 1. The number of Topliss-reactive ketones (excluding diaryl/α,β-unsaturated/α-hetero) is 1. The van der Waals surface area contributed by atoms with Gasteiger partial charge in [0.1, 0.15) is 11.4 Å². The first-order valence-corrected chi connectivity index (χ1v) is 10.8. The first-order chi connectivity index (χ1) is 14.6. The molecule has 1 aliphatic carbocycles. The number of aromatic nitrogens is 3. The topological polar surface area (TPSA) is 76.9 Å². The van der Waals surface area contributed by atoms with Crippen molar-refractivity contribution in [1.29, 1.82) is 0 Å². The molecule has 30 heavy (non-hydrogen) atoms. The number of ketones is 1. The van der Waals surface area contributed by atoms with E-state index < -0.39 is 0 Å². The number of hydrogen-bond donors (Lipinski definition) is 1. The number of hydrogen-bond acceptors (Lipinski definition) is 6. The van der Waals surface area contributed by atoms with E-state index in [9.17, 15) is 9.59 Å². The number of thiophene rings is 1. The van der Waals surface area contributed by atoms with Gasteiger partial charge in [-0.1, -0.05) is 12.1 Å². The molecule has 6 nitrogen and oxygen atoms in total. The van der Waals surface area contributed by atoms with Crippen molar-refractivity contribution in [3.63, 3.8) is 0 Å². The second-order valence-electron chi connectivity index (χ2n) is 7.56. The van der Waals surface area contributed by atoms with Crippen LogP contribution in [0.1, 0.15) is 30.1 Å². The molecule has 0 radical (unpaired) electrons. The minimum atomic E-state index is -0.270. The Morgan fingerprint density at radius 2 is 2.07 bits per heavy atom. The Kier molecular flexibility index (Phi) is 4.67. The van der Waals surface area contributed by atoms with Gasteiger partial charge in [-0.2, -0.15) is 5.10 Å². The molecule has 7 heteroatoms. The van der Waals surface area contributed by atoms with E-state index in [4.69, 9.17) is 0 Å². The summed E-state index contributed by atoms with van der Waals surface area (Å²) < 4.78 is 1.52. The van der Waals surface area contributed by atoms with Crippen LogP contribution in [0.3, 0.4) is 0 Å². The third kappa shape index (κ3) is 3.41. The lowest BCUT2D eigenvalue weighted by molar-refractivity contribution is 0.101. The van der Waals surface area contributed by atoms with E-state index in [2.05, 4.69) is 15.4 Å². The van der Waals surface area contributed by atoms with Crippen molar-refractivity contribution < 1.29 is 4.79 Å². The molecule has 4 aromatic rings. The van der Waals surface area contributed by atoms with Crippen LogP contribution in [0.5, 0.6) is 0 Å². The summed E-state index contributed by atoms with van der Waals surface area (Å²) in [6, 6.07) is 13.3. The molecular weight excluding hydrogens is 396 g/mol. The SMILES string of the molecule is CC(=O)c1c(-c2cccs2)nn(CC2CC2)c(=O)c1Nc1cccc2ncccc12. The van der Waals surface area contributed by atoms with Gasteiger partial charge < -0.3 is 5.32 Å². The summed E-state index contributed by atoms with van der Waals surface area (Å²) in [6.07, 6.45) is 3.94. The molecule has 1 aliphatic rings. The van der Waals surface area contributed by atoms with Crippen molar-refractivity contribution in [3.8, 4) is 10.6 Å². The van der Waals surface area contributed by atoms with Crippen LogP contribution >= 0.6 is 11.3 Å². The zero-order valence-electron chi connectivity index (χ0n) is 16.5. The van der Waals surface area contributed by atoms with Crippen LogP contribution in [-0.2, 0) is 6.54 Å². The number of rotatable bonds is 6. The van der Waals surface area contributed by atoms with Crippen molar-refractivity contribution in [3.05, 3.63) is 70.0 Å². The summed E-state index contributed by atoms with van der Waals surface area (Å²) in [7, 11) is 0. The van der Waals surface area contributed by atoms with E-state index in [0.717, 1.165) is 34.3 Å². The largest absolute Gasteiger partial charge is 0.350 e. The average molecular weight is 417 g/mol. The van der Waals surface area contributed by atoms with E-state index in [0.29, 0.717) is 23.7 Å². The van der Waals surface area contributed by atoms with Gasteiger partial charge in [-0.3, -0.25) is 14.6 Å². The van der Waals surface area contributed by atoms with Crippen LogP contribution in [-0.4, -0.2) is 20.5 Å². The van der Waals surface area contributed by atoms with Gasteiger partial charge >= 0.3 is 0 Å². The van der Waals surface area contributed by atoms with Crippen LogP contribution < -0.4 is 10.9 Å². The number of carbonyl (C=O) groups is 1. The van der Waals surface area contributed by atoms with Crippen LogP contribution in [0.25, 0.3) is 21.5 Å². The Morgan fingerprint density at radius 3 is 2.80 bits per heavy atom. The molecule has 1 saturated carbocycles. The number of carbonyl (C=O) groups excluding carboxylic acids is 1. The quantitative estimate of drug-likeness (QED) is 0.454. The first kappa shape index (κ1) is 18.7. The van der Waals surface area contributed by atoms with Crippen LogP contribution in [0.15, 0.2) is 58.8 Å². The third-order valence-electron chi connectivity index (χ3n) is 5.30. The van der Waals surface area contributed by atoms with Gasteiger partial charge in [-0.15, -0.1) is 11.3 Å². The standard InChI is InChI=1S/C23H20N4O2S/c1-14(28)20-21(19-8-4-12-30-19)26-27(13-15-9-10-15)23(29)22(20)25-18-7-2-6-17-16(18)5-3-11-24-17/h2-8,11-12,15,25H,9-10,13H2,1H3. The van der Waals surface area contributed by atoms with Crippen molar-refractivity contribution in [2.24, 2.45) is 5.92 Å². The molecule has 0 aliphatic heterocycles. The highest BCUT2D eigenvalue weighted by molar-refractivity contribution is 7.13. The Morgan fingerprint density at radius 1 is 1.20 bits per heavy atom. The fourth-order valence-electron chi connectivity index (χ4n) is 3.63. The van der Waals surface area contributed by atoms with Crippen LogP contribution in [0, 0.1) is 5.92 Å². The number of fused-ring (bicyclic) bond motifs is 1. The molecule has 5 rings (SSSR count). The predicted molar refractivity (Wildman–Crippen MR) is 120 cm³/mol. The highest BCUT2D eigenvalue weighted by Crippen LogP contribution is 2.34. The van der Waals surface area contributed by atoms with Gasteiger partial charge in [0.15, 0.2) is 5.78 Å². The van der Waals surface area contributed by atoms with Crippen LogP contribution in [0.2, 0.25) is 0 Å². The molecule has 1 fully saturated rings. The molecule has 0 atom stereocenters. The molecule has 0 spiro atoms. The maximum atomic E-state index is 13.4. The van der Waals surface area contributed by atoms with Gasteiger partial charge in [-0.05, 0) is 61.4 Å².